The summed E-state index contributed by atoms with van der Waals surface area (Å²) in [5, 5.41) is 4.92. The van der Waals surface area contributed by atoms with Crippen LogP contribution in [0.4, 0.5) is 5.13 Å². The van der Waals surface area contributed by atoms with Crippen molar-refractivity contribution in [1.82, 2.24) is 10.3 Å². The van der Waals surface area contributed by atoms with Gasteiger partial charge in [-0.15, -0.1) is 11.3 Å². The van der Waals surface area contributed by atoms with Crippen molar-refractivity contribution in [2.24, 2.45) is 5.41 Å². The fraction of sp³-hybridized carbons (Fsp3) is 0.824. The summed E-state index contributed by atoms with van der Waals surface area (Å²) >= 11 is 1.93. The van der Waals surface area contributed by atoms with Crippen LogP contribution in [0.5, 0.6) is 0 Å². The fourth-order valence-corrected chi connectivity index (χ4v) is 4.27. The SMILES string of the molecule is CCCc1nc(N2CCCC(C)(C)C2)sc1CNC1CC1. The number of aromatic nitrogens is 1. The third kappa shape index (κ3) is 3.98. The van der Waals surface area contributed by atoms with Gasteiger partial charge in [0.25, 0.3) is 0 Å². The number of nitrogens with zero attached hydrogens (tertiary/aromatic N) is 2. The molecule has 0 radical (unpaired) electrons. The number of hydrogen-bond donors (Lipinski definition) is 1. The van der Waals surface area contributed by atoms with Crippen molar-refractivity contribution < 1.29 is 0 Å². The van der Waals surface area contributed by atoms with Crippen LogP contribution >= 0.6 is 11.3 Å². The molecular weight excluding hydrogens is 278 g/mol. The minimum Gasteiger partial charge on any atom is -0.348 e. The Kier molecular flexibility index (Phi) is 4.55. The second-order valence-corrected chi connectivity index (χ2v) is 8.52. The maximum Gasteiger partial charge on any atom is 0.185 e. The van der Waals surface area contributed by atoms with E-state index in [-0.39, 0.29) is 0 Å². The molecule has 1 saturated carbocycles. The van der Waals surface area contributed by atoms with E-state index in [1.54, 1.807) is 0 Å². The molecule has 2 fully saturated rings. The third-order valence-electron chi connectivity index (χ3n) is 4.55. The van der Waals surface area contributed by atoms with Crippen LogP contribution in [0.1, 0.15) is 63.4 Å². The number of piperidine rings is 1. The van der Waals surface area contributed by atoms with Gasteiger partial charge in [0, 0.05) is 30.6 Å². The quantitative estimate of drug-likeness (QED) is 0.862. The first kappa shape index (κ1) is 15.3. The van der Waals surface area contributed by atoms with Crippen molar-refractivity contribution in [2.45, 2.75) is 71.9 Å². The molecule has 0 amide bonds. The van der Waals surface area contributed by atoms with E-state index in [2.05, 4.69) is 31.0 Å². The van der Waals surface area contributed by atoms with Crippen LogP contribution in [0.15, 0.2) is 0 Å². The van der Waals surface area contributed by atoms with E-state index in [4.69, 9.17) is 4.98 Å². The predicted octanol–water partition coefficient (Wildman–Crippen LogP) is 3.97. The van der Waals surface area contributed by atoms with Gasteiger partial charge in [0.2, 0.25) is 0 Å². The maximum absolute atomic E-state index is 4.99. The summed E-state index contributed by atoms with van der Waals surface area (Å²) in [4.78, 5) is 8.99. The minimum atomic E-state index is 0.432. The molecule has 0 atom stereocenters. The van der Waals surface area contributed by atoms with Gasteiger partial charge >= 0.3 is 0 Å². The molecule has 3 nitrogen and oxygen atoms in total. The van der Waals surface area contributed by atoms with Crippen LogP contribution in [-0.2, 0) is 13.0 Å². The standard InChI is InChI=1S/C17H29N3S/c1-4-6-14-15(11-18-13-7-8-13)21-16(19-14)20-10-5-9-17(2,3)12-20/h13,18H,4-12H2,1-3H3. The summed E-state index contributed by atoms with van der Waals surface area (Å²) < 4.78 is 0. The normalized spacial score (nSPS) is 21.8. The Morgan fingerprint density at radius 1 is 1.38 bits per heavy atom. The zero-order chi connectivity index (χ0) is 14.9. The highest BCUT2D eigenvalue weighted by Gasteiger charge is 2.29. The lowest BCUT2D eigenvalue weighted by Crippen LogP contribution is -2.40. The van der Waals surface area contributed by atoms with Crippen LogP contribution in [0.2, 0.25) is 0 Å². The highest BCUT2D eigenvalue weighted by atomic mass is 32.1. The molecule has 2 heterocycles. The molecule has 0 unspecified atom stereocenters. The number of hydrogen-bond acceptors (Lipinski definition) is 4. The molecule has 1 saturated heterocycles. The summed E-state index contributed by atoms with van der Waals surface area (Å²) in [6.07, 6.45) is 7.66. The van der Waals surface area contributed by atoms with Crippen molar-refractivity contribution in [3.63, 3.8) is 0 Å². The minimum absolute atomic E-state index is 0.432. The molecule has 0 spiro atoms. The average molecular weight is 308 g/mol. The lowest BCUT2D eigenvalue weighted by Gasteiger charge is -2.37. The predicted molar refractivity (Wildman–Crippen MR) is 91.2 cm³/mol. The van der Waals surface area contributed by atoms with E-state index < -0.39 is 0 Å². The first-order chi connectivity index (χ1) is 10.1. The van der Waals surface area contributed by atoms with Crippen LogP contribution < -0.4 is 10.2 Å². The van der Waals surface area contributed by atoms with E-state index in [9.17, 15) is 0 Å². The molecule has 1 aliphatic heterocycles. The van der Waals surface area contributed by atoms with Crippen LogP contribution in [0.3, 0.4) is 0 Å². The molecule has 1 N–H and O–H groups in total. The first-order valence-electron chi connectivity index (χ1n) is 8.54. The van der Waals surface area contributed by atoms with Gasteiger partial charge in [0.15, 0.2) is 5.13 Å². The Morgan fingerprint density at radius 2 is 2.19 bits per heavy atom. The average Bonchev–Trinajstić information content (AvgIpc) is 3.17. The Hall–Kier alpha value is -0.610. The Balaban J connectivity index is 1.72. The lowest BCUT2D eigenvalue weighted by molar-refractivity contribution is 0.293. The van der Waals surface area contributed by atoms with Crippen molar-refractivity contribution in [3.8, 4) is 0 Å². The maximum atomic E-state index is 4.99. The molecule has 1 aliphatic carbocycles. The van der Waals surface area contributed by atoms with Crippen molar-refractivity contribution in [1.29, 1.82) is 0 Å². The van der Waals surface area contributed by atoms with Crippen LogP contribution in [0, 0.1) is 5.41 Å². The second kappa shape index (κ2) is 6.25. The molecule has 2 aliphatic rings. The van der Waals surface area contributed by atoms with E-state index in [0.29, 0.717) is 5.41 Å². The van der Waals surface area contributed by atoms with Gasteiger partial charge in [-0.3, -0.25) is 0 Å². The monoisotopic (exact) mass is 307 g/mol. The summed E-state index contributed by atoms with van der Waals surface area (Å²) in [5.41, 5.74) is 1.77. The first-order valence-corrected chi connectivity index (χ1v) is 9.36. The lowest BCUT2D eigenvalue weighted by atomic mass is 9.84. The smallest absolute Gasteiger partial charge is 0.185 e. The number of thiazole rings is 1. The number of anilines is 1. The molecule has 21 heavy (non-hydrogen) atoms. The van der Waals surface area contributed by atoms with Crippen LogP contribution in [0.25, 0.3) is 0 Å². The summed E-state index contributed by atoms with van der Waals surface area (Å²) in [6, 6.07) is 0.777. The topological polar surface area (TPSA) is 28.2 Å². The van der Waals surface area contributed by atoms with E-state index in [0.717, 1.165) is 25.6 Å². The molecule has 118 valence electrons. The number of nitrogens with one attached hydrogen (secondary N) is 1. The third-order valence-corrected chi connectivity index (χ3v) is 5.71. The van der Waals surface area contributed by atoms with Gasteiger partial charge in [-0.1, -0.05) is 27.2 Å². The molecule has 4 heteroatoms. The number of aryl methyl sites for hydroxylation is 1. The van der Waals surface area contributed by atoms with Gasteiger partial charge < -0.3 is 10.2 Å². The fourth-order valence-electron chi connectivity index (χ4n) is 3.19. The Labute approximate surface area is 133 Å². The number of rotatable bonds is 6. The van der Waals surface area contributed by atoms with Gasteiger partial charge in [0.05, 0.1) is 5.69 Å². The van der Waals surface area contributed by atoms with Gasteiger partial charge in [-0.05, 0) is 37.5 Å². The zero-order valence-electron chi connectivity index (χ0n) is 13.7. The summed E-state index contributed by atoms with van der Waals surface area (Å²) in [7, 11) is 0. The molecule has 0 bridgehead atoms. The van der Waals surface area contributed by atoms with Gasteiger partial charge in [-0.2, -0.15) is 0 Å². The van der Waals surface area contributed by atoms with E-state index in [1.807, 2.05) is 11.3 Å². The van der Waals surface area contributed by atoms with E-state index >= 15 is 0 Å². The van der Waals surface area contributed by atoms with Crippen molar-refractivity contribution in [3.05, 3.63) is 10.6 Å². The highest BCUT2D eigenvalue weighted by Crippen LogP contribution is 2.35. The molecule has 1 aromatic rings. The summed E-state index contributed by atoms with van der Waals surface area (Å²) in [5.74, 6) is 0. The summed E-state index contributed by atoms with van der Waals surface area (Å²) in [6.45, 7) is 10.4. The van der Waals surface area contributed by atoms with Gasteiger partial charge in [0.1, 0.15) is 0 Å². The molecular formula is C17H29N3S. The second-order valence-electron chi connectivity index (χ2n) is 7.46. The molecule has 1 aromatic heterocycles. The Bertz CT molecular complexity index is 476. The largest absolute Gasteiger partial charge is 0.348 e. The van der Waals surface area contributed by atoms with E-state index in [1.165, 1.54) is 54.4 Å². The molecule has 3 rings (SSSR count). The molecule has 0 aromatic carbocycles. The van der Waals surface area contributed by atoms with Gasteiger partial charge in [-0.25, -0.2) is 4.98 Å². The Morgan fingerprint density at radius 3 is 2.86 bits per heavy atom. The zero-order valence-corrected chi connectivity index (χ0v) is 14.6. The van der Waals surface area contributed by atoms with Crippen molar-refractivity contribution >= 4 is 16.5 Å². The van der Waals surface area contributed by atoms with Crippen LogP contribution in [-0.4, -0.2) is 24.1 Å². The van der Waals surface area contributed by atoms with Crippen molar-refractivity contribution in [2.75, 3.05) is 18.0 Å². The highest BCUT2D eigenvalue weighted by molar-refractivity contribution is 7.15.